The molecule has 1 aromatic rings. The number of H-pyrrole nitrogens is 1. The Morgan fingerprint density at radius 3 is 2.85 bits per heavy atom. The van der Waals surface area contributed by atoms with E-state index < -0.39 is 0 Å². The molecule has 2 N–H and O–H groups in total. The van der Waals surface area contributed by atoms with Gasteiger partial charge >= 0.3 is 5.63 Å². The number of rotatable bonds is 2. The number of aromatic amines is 1. The first kappa shape index (κ1) is 8.56. The van der Waals surface area contributed by atoms with Gasteiger partial charge in [-0.25, -0.2) is 9.95 Å². The van der Waals surface area contributed by atoms with Gasteiger partial charge in [0, 0.05) is 6.07 Å². The molecule has 0 radical (unpaired) electrons. The van der Waals surface area contributed by atoms with Gasteiger partial charge in [0.25, 0.3) is 0 Å². The summed E-state index contributed by atoms with van der Waals surface area (Å²) in [5.74, 6) is 0.689. The summed E-state index contributed by atoms with van der Waals surface area (Å²) in [6.45, 7) is 2.18. The molecule has 4 nitrogen and oxygen atoms in total. The largest absolute Gasteiger partial charge is 0.357 e. The zero-order valence-electron chi connectivity index (χ0n) is 7.51. The summed E-state index contributed by atoms with van der Waals surface area (Å²) >= 11 is 0. The first-order chi connectivity index (χ1) is 6.34. The van der Waals surface area contributed by atoms with Crippen molar-refractivity contribution in [3.05, 3.63) is 22.2 Å². The van der Waals surface area contributed by atoms with Crippen LogP contribution in [0.1, 0.15) is 18.5 Å². The average Bonchev–Trinajstić information content (AvgIpc) is 2.53. The van der Waals surface area contributed by atoms with Gasteiger partial charge in [0.05, 0.1) is 5.69 Å². The highest BCUT2D eigenvalue weighted by atomic mass is 16.5. The van der Waals surface area contributed by atoms with Crippen molar-refractivity contribution in [2.24, 2.45) is 5.92 Å². The molecular formula is C9H14N2O2. The van der Waals surface area contributed by atoms with Crippen molar-refractivity contribution >= 4 is 0 Å². The minimum Gasteiger partial charge on any atom is -0.339 e. The topological polar surface area (TPSA) is 58.0 Å². The molecule has 0 aliphatic carbocycles. The molecule has 0 spiro atoms. The van der Waals surface area contributed by atoms with E-state index in [1.807, 2.05) is 0 Å². The molecule has 72 valence electrons. The minimum atomic E-state index is -0.274. The maximum absolute atomic E-state index is 10.7. The predicted molar refractivity (Wildman–Crippen MR) is 48.6 cm³/mol. The molecule has 2 heterocycles. The molecule has 0 amide bonds. The smallest absolute Gasteiger partial charge is 0.339 e. The summed E-state index contributed by atoms with van der Waals surface area (Å²) in [6, 6.07) is 1.54. The molecule has 0 aromatic carbocycles. The van der Waals surface area contributed by atoms with Crippen molar-refractivity contribution in [2.75, 3.05) is 13.1 Å². The zero-order valence-corrected chi connectivity index (χ0v) is 7.51. The normalized spacial score (nSPS) is 19.1. The summed E-state index contributed by atoms with van der Waals surface area (Å²) in [5, 5.41) is 5.96. The fraction of sp³-hybridized carbons (Fsp3) is 0.667. The second kappa shape index (κ2) is 3.79. The number of aromatic nitrogens is 1. The molecule has 13 heavy (non-hydrogen) atoms. The number of hydrogen-bond acceptors (Lipinski definition) is 3. The third-order valence-corrected chi connectivity index (χ3v) is 2.54. The van der Waals surface area contributed by atoms with Crippen molar-refractivity contribution < 1.29 is 4.52 Å². The number of hydrogen-bond donors (Lipinski definition) is 2. The summed E-state index contributed by atoms with van der Waals surface area (Å²) in [6.07, 6.45) is 3.31. The third-order valence-electron chi connectivity index (χ3n) is 2.54. The summed E-state index contributed by atoms with van der Waals surface area (Å²) in [5.41, 5.74) is 0.654. The van der Waals surface area contributed by atoms with E-state index in [-0.39, 0.29) is 5.63 Å². The van der Waals surface area contributed by atoms with Crippen LogP contribution >= 0.6 is 0 Å². The molecule has 1 aliphatic heterocycles. The fourth-order valence-electron chi connectivity index (χ4n) is 1.81. The molecule has 2 rings (SSSR count). The van der Waals surface area contributed by atoms with Gasteiger partial charge in [-0.2, -0.15) is 0 Å². The first-order valence-electron chi connectivity index (χ1n) is 4.73. The van der Waals surface area contributed by atoms with Crippen LogP contribution in [0.3, 0.4) is 0 Å². The quantitative estimate of drug-likeness (QED) is 0.700. The van der Waals surface area contributed by atoms with E-state index in [0.29, 0.717) is 5.92 Å². The van der Waals surface area contributed by atoms with E-state index in [1.165, 1.54) is 12.8 Å². The molecule has 1 saturated heterocycles. The zero-order chi connectivity index (χ0) is 9.10. The van der Waals surface area contributed by atoms with Crippen LogP contribution < -0.4 is 10.9 Å². The van der Waals surface area contributed by atoms with Crippen LogP contribution in [0, 0.1) is 5.92 Å². The van der Waals surface area contributed by atoms with Crippen LogP contribution in [0.2, 0.25) is 0 Å². The van der Waals surface area contributed by atoms with Crippen LogP contribution in [0.15, 0.2) is 15.4 Å². The number of nitrogens with one attached hydrogen (secondary N) is 2. The maximum atomic E-state index is 10.7. The monoisotopic (exact) mass is 182 g/mol. The molecule has 1 aromatic heterocycles. The van der Waals surface area contributed by atoms with Gasteiger partial charge in [-0.3, -0.25) is 0 Å². The van der Waals surface area contributed by atoms with Gasteiger partial charge in [0.2, 0.25) is 0 Å². The summed E-state index contributed by atoms with van der Waals surface area (Å²) in [7, 11) is 0. The SMILES string of the molecule is O=c1cc(CC2CCNCC2)[nH]o1. The van der Waals surface area contributed by atoms with Crippen molar-refractivity contribution in [1.82, 2.24) is 10.5 Å². The lowest BCUT2D eigenvalue weighted by atomic mass is 9.93. The lowest BCUT2D eigenvalue weighted by Gasteiger charge is -2.21. The molecule has 0 unspecified atom stereocenters. The third kappa shape index (κ3) is 2.21. The molecule has 0 saturated carbocycles. The van der Waals surface area contributed by atoms with Crippen LogP contribution in [0.5, 0.6) is 0 Å². The van der Waals surface area contributed by atoms with Gasteiger partial charge in [0.1, 0.15) is 0 Å². The van der Waals surface area contributed by atoms with Crippen molar-refractivity contribution in [2.45, 2.75) is 19.3 Å². The van der Waals surface area contributed by atoms with Gasteiger partial charge in [0.15, 0.2) is 0 Å². The van der Waals surface area contributed by atoms with Crippen molar-refractivity contribution in [3.8, 4) is 0 Å². The second-order valence-electron chi connectivity index (χ2n) is 3.59. The van der Waals surface area contributed by atoms with E-state index in [9.17, 15) is 4.79 Å². The summed E-state index contributed by atoms with van der Waals surface area (Å²) < 4.78 is 4.61. The van der Waals surface area contributed by atoms with Gasteiger partial charge in [-0.05, 0) is 38.3 Å². The second-order valence-corrected chi connectivity index (χ2v) is 3.59. The highest BCUT2D eigenvalue weighted by Crippen LogP contribution is 2.15. The Morgan fingerprint density at radius 2 is 2.23 bits per heavy atom. The van der Waals surface area contributed by atoms with Crippen molar-refractivity contribution in [1.29, 1.82) is 0 Å². The average molecular weight is 182 g/mol. The highest BCUT2D eigenvalue weighted by Gasteiger charge is 2.14. The Kier molecular flexibility index (Phi) is 2.49. The lowest BCUT2D eigenvalue weighted by Crippen LogP contribution is -2.28. The minimum absolute atomic E-state index is 0.274. The molecule has 0 bridgehead atoms. The van der Waals surface area contributed by atoms with Crippen LogP contribution in [-0.2, 0) is 6.42 Å². The Morgan fingerprint density at radius 1 is 1.46 bits per heavy atom. The molecule has 1 aliphatic rings. The number of piperidine rings is 1. The first-order valence-corrected chi connectivity index (χ1v) is 4.73. The predicted octanol–water partition coefficient (Wildman–Crippen LogP) is 0.510. The van der Waals surface area contributed by atoms with Gasteiger partial charge < -0.3 is 9.84 Å². The maximum Gasteiger partial charge on any atom is 0.357 e. The molecule has 4 heteroatoms. The fourth-order valence-corrected chi connectivity index (χ4v) is 1.81. The van der Waals surface area contributed by atoms with Crippen LogP contribution in [-0.4, -0.2) is 18.2 Å². The van der Waals surface area contributed by atoms with E-state index in [4.69, 9.17) is 0 Å². The van der Waals surface area contributed by atoms with E-state index >= 15 is 0 Å². The Labute approximate surface area is 76.3 Å². The Bertz CT molecular complexity index is 309. The summed E-state index contributed by atoms with van der Waals surface area (Å²) in [4.78, 5) is 10.7. The molecule has 0 atom stereocenters. The van der Waals surface area contributed by atoms with Gasteiger partial charge in [-0.15, -0.1) is 0 Å². The standard InChI is InChI=1S/C9H14N2O2/c12-9-6-8(11-13-9)5-7-1-3-10-4-2-7/h6-7,10-11H,1-5H2. The Hall–Kier alpha value is -1.03. The van der Waals surface area contributed by atoms with E-state index in [0.717, 1.165) is 25.2 Å². The van der Waals surface area contributed by atoms with E-state index in [1.54, 1.807) is 6.07 Å². The van der Waals surface area contributed by atoms with E-state index in [2.05, 4.69) is 15.0 Å². The molecular weight excluding hydrogens is 168 g/mol. The Balaban J connectivity index is 1.93. The lowest BCUT2D eigenvalue weighted by molar-refractivity contribution is 0.349. The highest BCUT2D eigenvalue weighted by molar-refractivity contribution is 4.97. The molecule has 1 fully saturated rings. The van der Waals surface area contributed by atoms with Crippen LogP contribution in [0.4, 0.5) is 0 Å². The van der Waals surface area contributed by atoms with Crippen molar-refractivity contribution in [3.63, 3.8) is 0 Å². The van der Waals surface area contributed by atoms with Gasteiger partial charge in [-0.1, -0.05) is 0 Å². The van der Waals surface area contributed by atoms with Crippen LogP contribution in [0.25, 0.3) is 0 Å².